The zero-order valence-corrected chi connectivity index (χ0v) is 16.9. The van der Waals surface area contributed by atoms with Crippen LogP contribution in [-0.4, -0.2) is 50.1 Å². The van der Waals surface area contributed by atoms with E-state index in [9.17, 15) is 4.79 Å². The van der Waals surface area contributed by atoms with Gasteiger partial charge in [-0.05, 0) is 76.7 Å². The van der Waals surface area contributed by atoms with Crippen molar-refractivity contribution in [2.75, 3.05) is 39.3 Å². The third-order valence-electron chi connectivity index (χ3n) is 5.32. The lowest BCUT2D eigenvalue weighted by Crippen LogP contribution is -2.36. The summed E-state index contributed by atoms with van der Waals surface area (Å²) in [7, 11) is 0. The van der Waals surface area contributed by atoms with Gasteiger partial charge in [-0.1, -0.05) is 19.8 Å². The van der Waals surface area contributed by atoms with Crippen LogP contribution in [0.5, 0.6) is 0 Å². The van der Waals surface area contributed by atoms with E-state index in [2.05, 4.69) is 22.5 Å². The van der Waals surface area contributed by atoms with Crippen LogP contribution >= 0.6 is 24.8 Å². The van der Waals surface area contributed by atoms with Crippen molar-refractivity contribution in [1.82, 2.24) is 15.5 Å². The second-order valence-electron chi connectivity index (χ2n) is 7.25. The molecule has 2 unspecified atom stereocenters. The second kappa shape index (κ2) is 14.2. The van der Waals surface area contributed by atoms with Crippen LogP contribution < -0.4 is 10.6 Å². The van der Waals surface area contributed by atoms with Crippen molar-refractivity contribution >= 4 is 30.7 Å². The normalized spacial score (nSPS) is 23.3. The summed E-state index contributed by atoms with van der Waals surface area (Å²) >= 11 is 0. The quantitative estimate of drug-likeness (QED) is 0.665. The van der Waals surface area contributed by atoms with Crippen LogP contribution in [0, 0.1) is 11.8 Å². The van der Waals surface area contributed by atoms with Gasteiger partial charge in [-0.2, -0.15) is 0 Å². The van der Waals surface area contributed by atoms with Gasteiger partial charge in [0.25, 0.3) is 0 Å². The average Bonchev–Trinajstić information content (AvgIpc) is 2.81. The summed E-state index contributed by atoms with van der Waals surface area (Å²) in [6, 6.07) is 0. The fourth-order valence-corrected chi connectivity index (χ4v) is 3.79. The van der Waals surface area contributed by atoms with Gasteiger partial charge < -0.3 is 15.5 Å². The molecule has 6 heteroatoms. The number of amides is 1. The maximum absolute atomic E-state index is 12.1. The summed E-state index contributed by atoms with van der Waals surface area (Å²) in [5.74, 6) is 1.42. The molecule has 0 bridgehead atoms. The molecule has 2 N–H and O–H groups in total. The molecule has 24 heavy (non-hydrogen) atoms. The highest BCUT2D eigenvalue weighted by molar-refractivity contribution is 5.85. The minimum Gasteiger partial charge on any atom is -0.356 e. The predicted octanol–water partition coefficient (Wildman–Crippen LogP) is 3.24. The monoisotopic (exact) mass is 381 g/mol. The lowest BCUT2D eigenvalue weighted by atomic mass is 9.85. The Bertz CT molecular complexity index is 317. The highest BCUT2D eigenvalue weighted by Crippen LogP contribution is 2.22. The number of nitrogens with one attached hydrogen (secondary N) is 2. The Kier molecular flexibility index (Phi) is 14.2. The topological polar surface area (TPSA) is 44.4 Å². The molecule has 2 heterocycles. The average molecular weight is 382 g/mol. The first-order chi connectivity index (χ1) is 10.8. The summed E-state index contributed by atoms with van der Waals surface area (Å²) in [5, 5.41) is 6.57. The molecule has 2 fully saturated rings. The third kappa shape index (κ3) is 9.45. The van der Waals surface area contributed by atoms with E-state index >= 15 is 0 Å². The number of carbonyl (C=O) groups excluding carboxylic acids is 1. The fourth-order valence-electron chi connectivity index (χ4n) is 3.79. The maximum Gasteiger partial charge on any atom is 0.220 e. The first-order valence-electron chi connectivity index (χ1n) is 9.45. The highest BCUT2D eigenvalue weighted by atomic mass is 35.5. The summed E-state index contributed by atoms with van der Waals surface area (Å²) in [6.07, 6.45) is 9.78. The number of rotatable bonds is 7. The summed E-state index contributed by atoms with van der Waals surface area (Å²) in [6.45, 7) is 8.94. The maximum atomic E-state index is 12.1. The molecule has 144 valence electrons. The van der Waals surface area contributed by atoms with Gasteiger partial charge in [-0.15, -0.1) is 24.8 Å². The molecule has 0 radical (unpaired) electrons. The molecule has 4 nitrogen and oxygen atoms in total. The number of likely N-dealkylation sites (tertiary alicyclic amines) is 1. The van der Waals surface area contributed by atoms with E-state index in [0.29, 0.717) is 18.3 Å². The van der Waals surface area contributed by atoms with Crippen LogP contribution in [0.4, 0.5) is 0 Å². The predicted molar refractivity (Wildman–Crippen MR) is 106 cm³/mol. The van der Waals surface area contributed by atoms with Gasteiger partial charge in [0.05, 0.1) is 0 Å². The zero-order valence-electron chi connectivity index (χ0n) is 15.2. The molecule has 2 aliphatic heterocycles. The van der Waals surface area contributed by atoms with Crippen LogP contribution in [0.3, 0.4) is 0 Å². The van der Waals surface area contributed by atoms with E-state index in [1.807, 2.05) is 0 Å². The Hall–Kier alpha value is -0.0300. The van der Waals surface area contributed by atoms with Crippen molar-refractivity contribution in [2.24, 2.45) is 11.8 Å². The van der Waals surface area contributed by atoms with Gasteiger partial charge in [-0.25, -0.2) is 0 Å². The Morgan fingerprint density at radius 2 is 1.88 bits per heavy atom. The van der Waals surface area contributed by atoms with E-state index in [1.165, 1.54) is 51.6 Å². The Morgan fingerprint density at radius 1 is 1.17 bits per heavy atom. The van der Waals surface area contributed by atoms with Crippen molar-refractivity contribution < 1.29 is 4.79 Å². The van der Waals surface area contributed by atoms with E-state index in [0.717, 1.165) is 32.6 Å². The van der Waals surface area contributed by atoms with Crippen LogP contribution in [0.15, 0.2) is 0 Å². The largest absolute Gasteiger partial charge is 0.356 e. The standard InChI is InChI=1S/C18H35N3O.2ClH/c1-16(17-8-6-9-19-15-17)14-18(22)20-10-7-13-21-11-4-2-3-5-12-21;;/h16-17,19H,2-15H2,1H3,(H,20,22);2*1H. The van der Waals surface area contributed by atoms with E-state index in [-0.39, 0.29) is 30.7 Å². The fraction of sp³-hybridized carbons (Fsp3) is 0.944. The van der Waals surface area contributed by atoms with Crippen molar-refractivity contribution in [2.45, 2.75) is 58.3 Å². The highest BCUT2D eigenvalue weighted by Gasteiger charge is 2.21. The third-order valence-corrected chi connectivity index (χ3v) is 5.32. The zero-order chi connectivity index (χ0) is 15.6. The van der Waals surface area contributed by atoms with Crippen molar-refractivity contribution in [3.63, 3.8) is 0 Å². The number of nitrogens with zero attached hydrogens (tertiary/aromatic N) is 1. The molecule has 2 atom stereocenters. The van der Waals surface area contributed by atoms with Gasteiger partial charge in [0.1, 0.15) is 0 Å². The molecule has 2 rings (SSSR count). The smallest absolute Gasteiger partial charge is 0.220 e. The van der Waals surface area contributed by atoms with Crippen LogP contribution in [0.1, 0.15) is 58.3 Å². The van der Waals surface area contributed by atoms with Crippen LogP contribution in [0.25, 0.3) is 0 Å². The van der Waals surface area contributed by atoms with E-state index < -0.39 is 0 Å². The molecular formula is C18H37Cl2N3O. The molecule has 0 aliphatic carbocycles. The Balaban J connectivity index is 0.00000264. The molecule has 0 spiro atoms. The molecule has 0 aromatic carbocycles. The number of halogens is 2. The minimum atomic E-state index is 0. The summed E-state index contributed by atoms with van der Waals surface area (Å²) in [4.78, 5) is 14.6. The molecule has 2 aliphatic rings. The Morgan fingerprint density at radius 3 is 2.50 bits per heavy atom. The molecule has 0 saturated carbocycles. The molecule has 0 aromatic heterocycles. The van der Waals surface area contributed by atoms with Crippen molar-refractivity contribution in [1.29, 1.82) is 0 Å². The van der Waals surface area contributed by atoms with Crippen molar-refractivity contribution in [3.05, 3.63) is 0 Å². The number of hydrogen-bond acceptors (Lipinski definition) is 3. The summed E-state index contributed by atoms with van der Waals surface area (Å²) in [5.41, 5.74) is 0. The number of piperidine rings is 1. The van der Waals surface area contributed by atoms with E-state index in [1.54, 1.807) is 0 Å². The summed E-state index contributed by atoms with van der Waals surface area (Å²) < 4.78 is 0. The van der Waals surface area contributed by atoms with Gasteiger partial charge >= 0.3 is 0 Å². The lowest BCUT2D eigenvalue weighted by molar-refractivity contribution is -0.122. The molecular weight excluding hydrogens is 345 g/mol. The number of carbonyl (C=O) groups is 1. The van der Waals surface area contributed by atoms with Crippen LogP contribution in [-0.2, 0) is 4.79 Å². The molecule has 2 saturated heterocycles. The van der Waals surface area contributed by atoms with Gasteiger partial charge in [0.2, 0.25) is 5.91 Å². The lowest BCUT2D eigenvalue weighted by Gasteiger charge is -2.28. The molecule has 0 aromatic rings. The first-order valence-corrected chi connectivity index (χ1v) is 9.45. The first kappa shape index (κ1) is 24.0. The van der Waals surface area contributed by atoms with Gasteiger partial charge in [-0.3, -0.25) is 4.79 Å². The SMILES string of the molecule is CC(CC(=O)NCCCN1CCCCCC1)C1CCCNC1.Cl.Cl. The van der Waals surface area contributed by atoms with Gasteiger partial charge in [0.15, 0.2) is 0 Å². The van der Waals surface area contributed by atoms with Crippen LogP contribution in [0.2, 0.25) is 0 Å². The number of hydrogen-bond donors (Lipinski definition) is 2. The minimum absolute atomic E-state index is 0. The van der Waals surface area contributed by atoms with E-state index in [4.69, 9.17) is 0 Å². The molecule has 1 amide bonds. The Labute approximate surface area is 160 Å². The van der Waals surface area contributed by atoms with Gasteiger partial charge in [0, 0.05) is 13.0 Å². The second-order valence-corrected chi connectivity index (χ2v) is 7.25. The van der Waals surface area contributed by atoms with Crippen molar-refractivity contribution in [3.8, 4) is 0 Å².